The van der Waals surface area contributed by atoms with Crippen LogP contribution in [0.15, 0.2) is 4.99 Å². The number of likely N-dealkylation sites (tertiary alicyclic amines) is 1. The van der Waals surface area contributed by atoms with Crippen molar-refractivity contribution in [2.75, 3.05) is 13.1 Å². The molecule has 4 heteroatoms. The van der Waals surface area contributed by atoms with Crippen molar-refractivity contribution in [3.8, 4) is 0 Å². The van der Waals surface area contributed by atoms with Crippen LogP contribution in [0.5, 0.6) is 0 Å². The van der Waals surface area contributed by atoms with Crippen LogP contribution in [0.3, 0.4) is 0 Å². The van der Waals surface area contributed by atoms with Crippen molar-refractivity contribution in [1.29, 1.82) is 0 Å². The average molecular weight is 335 g/mol. The van der Waals surface area contributed by atoms with Gasteiger partial charge >= 0.3 is 0 Å². The highest BCUT2D eigenvalue weighted by molar-refractivity contribution is 14.0. The standard InChI is InChI=1S/C12H21N3.HI/c1-9-2-6-15(7-3-9)11(13)14-10-8-12(10)4-5-12;/h9-10H,2-8H2,1H3,(H2,13,14);1H. The summed E-state index contributed by atoms with van der Waals surface area (Å²) in [6.07, 6.45) is 6.63. The highest BCUT2D eigenvalue weighted by Crippen LogP contribution is 2.67. The van der Waals surface area contributed by atoms with Gasteiger partial charge in [0.05, 0.1) is 6.04 Å². The Morgan fingerprint density at radius 3 is 2.44 bits per heavy atom. The van der Waals surface area contributed by atoms with Gasteiger partial charge in [-0.05, 0) is 43.4 Å². The normalized spacial score (nSPS) is 32.4. The predicted octanol–water partition coefficient (Wildman–Crippen LogP) is 2.20. The Hall–Kier alpha value is 0. The molecule has 0 aromatic carbocycles. The number of piperidine rings is 1. The second kappa shape index (κ2) is 4.35. The smallest absolute Gasteiger partial charge is 0.191 e. The number of nitrogens with zero attached hydrogens (tertiary/aromatic N) is 2. The summed E-state index contributed by atoms with van der Waals surface area (Å²) in [5, 5.41) is 0. The Morgan fingerprint density at radius 1 is 1.31 bits per heavy atom. The molecule has 2 aliphatic carbocycles. The van der Waals surface area contributed by atoms with Gasteiger partial charge < -0.3 is 10.6 Å². The molecule has 1 heterocycles. The van der Waals surface area contributed by atoms with Crippen LogP contribution in [0.4, 0.5) is 0 Å². The summed E-state index contributed by atoms with van der Waals surface area (Å²) in [6.45, 7) is 4.54. The highest BCUT2D eigenvalue weighted by atomic mass is 127. The zero-order chi connectivity index (χ0) is 10.5. The summed E-state index contributed by atoms with van der Waals surface area (Å²) < 4.78 is 0. The first-order valence-electron chi connectivity index (χ1n) is 6.28. The average Bonchev–Trinajstić information content (AvgIpc) is 3.10. The Labute approximate surface area is 115 Å². The largest absolute Gasteiger partial charge is 0.370 e. The van der Waals surface area contributed by atoms with Gasteiger partial charge in [-0.1, -0.05) is 6.92 Å². The number of halogens is 1. The van der Waals surface area contributed by atoms with E-state index in [1.54, 1.807) is 0 Å². The Kier molecular flexibility index (Phi) is 3.39. The lowest BCUT2D eigenvalue weighted by molar-refractivity contribution is 0.277. The van der Waals surface area contributed by atoms with Gasteiger partial charge in [0.25, 0.3) is 0 Å². The first kappa shape index (κ1) is 12.5. The van der Waals surface area contributed by atoms with Gasteiger partial charge in [0.15, 0.2) is 5.96 Å². The van der Waals surface area contributed by atoms with Gasteiger partial charge in [-0.25, -0.2) is 4.99 Å². The number of guanidine groups is 1. The van der Waals surface area contributed by atoms with Gasteiger partial charge in [0.2, 0.25) is 0 Å². The van der Waals surface area contributed by atoms with Crippen LogP contribution in [-0.4, -0.2) is 30.0 Å². The minimum absolute atomic E-state index is 0. The van der Waals surface area contributed by atoms with Crippen LogP contribution in [0.1, 0.15) is 39.0 Å². The molecule has 3 nitrogen and oxygen atoms in total. The molecule has 3 aliphatic rings. The third kappa shape index (κ3) is 2.31. The summed E-state index contributed by atoms with van der Waals surface area (Å²) in [5.41, 5.74) is 6.71. The molecule has 1 aliphatic heterocycles. The molecule has 16 heavy (non-hydrogen) atoms. The fraction of sp³-hybridized carbons (Fsp3) is 0.917. The van der Waals surface area contributed by atoms with Crippen molar-refractivity contribution in [2.24, 2.45) is 22.1 Å². The number of rotatable bonds is 1. The van der Waals surface area contributed by atoms with Gasteiger partial charge in [0, 0.05) is 13.1 Å². The predicted molar refractivity (Wildman–Crippen MR) is 77.1 cm³/mol. The molecule has 0 bridgehead atoms. The molecule has 0 aromatic heterocycles. The molecule has 1 spiro atoms. The zero-order valence-electron chi connectivity index (χ0n) is 9.98. The number of hydrogen-bond donors (Lipinski definition) is 1. The summed E-state index contributed by atoms with van der Waals surface area (Å²) in [6, 6.07) is 0.580. The molecule has 1 atom stereocenters. The summed E-state index contributed by atoms with van der Waals surface area (Å²) in [7, 11) is 0. The van der Waals surface area contributed by atoms with Crippen molar-refractivity contribution in [2.45, 2.75) is 45.1 Å². The Bertz CT molecular complexity index is 291. The van der Waals surface area contributed by atoms with Gasteiger partial charge in [-0.3, -0.25) is 0 Å². The molecule has 2 saturated carbocycles. The van der Waals surface area contributed by atoms with E-state index in [-0.39, 0.29) is 24.0 Å². The van der Waals surface area contributed by atoms with Crippen LogP contribution in [0, 0.1) is 11.3 Å². The number of aliphatic imine (C=N–C) groups is 1. The summed E-state index contributed by atoms with van der Waals surface area (Å²) in [4.78, 5) is 6.95. The number of nitrogens with two attached hydrogens (primary N) is 1. The van der Waals surface area contributed by atoms with E-state index in [9.17, 15) is 0 Å². The summed E-state index contributed by atoms with van der Waals surface area (Å²) in [5.74, 6) is 1.68. The monoisotopic (exact) mass is 335 g/mol. The van der Waals surface area contributed by atoms with Crippen LogP contribution < -0.4 is 5.73 Å². The van der Waals surface area contributed by atoms with Crippen LogP contribution in [-0.2, 0) is 0 Å². The molecule has 1 saturated heterocycles. The molecular formula is C12H22IN3. The van der Waals surface area contributed by atoms with Crippen LogP contribution in [0.2, 0.25) is 0 Å². The minimum atomic E-state index is 0. The summed E-state index contributed by atoms with van der Waals surface area (Å²) >= 11 is 0. The molecule has 92 valence electrons. The second-order valence-corrected chi connectivity index (χ2v) is 5.74. The third-order valence-corrected chi connectivity index (χ3v) is 4.43. The molecule has 1 unspecified atom stereocenters. The second-order valence-electron chi connectivity index (χ2n) is 5.74. The zero-order valence-corrected chi connectivity index (χ0v) is 12.3. The first-order valence-corrected chi connectivity index (χ1v) is 6.28. The van der Waals surface area contributed by atoms with Gasteiger partial charge in [-0.15, -0.1) is 24.0 Å². The van der Waals surface area contributed by atoms with E-state index in [0.717, 1.165) is 25.0 Å². The van der Waals surface area contributed by atoms with Crippen LogP contribution >= 0.6 is 24.0 Å². The van der Waals surface area contributed by atoms with E-state index >= 15 is 0 Å². The molecule has 3 fully saturated rings. The molecule has 3 rings (SSSR count). The van der Waals surface area contributed by atoms with E-state index in [0.29, 0.717) is 11.5 Å². The maximum absolute atomic E-state index is 6.06. The van der Waals surface area contributed by atoms with Crippen molar-refractivity contribution in [3.63, 3.8) is 0 Å². The van der Waals surface area contributed by atoms with Crippen molar-refractivity contribution >= 4 is 29.9 Å². The Balaban J connectivity index is 0.000000963. The van der Waals surface area contributed by atoms with E-state index in [2.05, 4.69) is 16.8 Å². The SMILES string of the molecule is CC1CCN(C(N)=NC2CC23CC3)CC1.I. The molecule has 0 radical (unpaired) electrons. The third-order valence-electron chi connectivity index (χ3n) is 4.43. The quantitative estimate of drug-likeness (QED) is 0.453. The van der Waals surface area contributed by atoms with Crippen LogP contribution in [0.25, 0.3) is 0 Å². The minimum Gasteiger partial charge on any atom is -0.370 e. The fourth-order valence-electron chi connectivity index (χ4n) is 2.69. The fourth-order valence-corrected chi connectivity index (χ4v) is 2.69. The Morgan fingerprint density at radius 2 is 1.94 bits per heavy atom. The van der Waals surface area contributed by atoms with Crippen molar-refractivity contribution in [3.05, 3.63) is 0 Å². The lowest BCUT2D eigenvalue weighted by Crippen LogP contribution is -2.42. The maximum Gasteiger partial charge on any atom is 0.191 e. The van der Waals surface area contributed by atoms with E-state index < -0.39 is 0 Å². The van der Waals surface area contributed by atoms with E-state index in [1.165, 1.54) is 32.1 Å². The molecule has 0 amide bonds. The number of hydrogen-bond acceptors (Lipinski definition) is 1. The molecular weight excluding hydrogens is 313 g/mol. The lowest BCUT2D eigenvalue weighted by atomic mass is 10.00. The van der Waals surface area contributed by atoms with Gasteiger partial charge in [-0.2, -0.15) is 0 Å². The van der Waals surface area contributed by atoms with Crippen molar-refractivity contribution < 1.29 is 0 Å². The highest BCUT2D eigenvalue weighted by Gasteiger charge is 2.63. The van der Waals surface area contributed by atoms with Crippen molar-refractivity contribution in [1.82, 2.24) is 4.90 Å². The maximum atomic E-state index is 6.06. The first-order chi connectivity index (χ1) is 7.20. The van der Waals surface area contributed by atoms with Gasteiger partial charge in [0.1, 0.15) is 0 Å². The molecule has 2 N–H and O–H groups in total. The lowest BCUT2D eigenvalue weighted by Gasteiger charge is -2.31. The molecule has 0 aromatic rings. The topological polar surface area (TPSA) is 41.6 Å². The van der Waals surface area contributed by atoms with E-state index in [1.807, 2.05) is 0 Å². The van der Waals surface area contributed by atoms with E-state index in [4.69, 9.17) is 5.73 Å².